The normalized spacial score (nSPS) is 24.9. The molecule has 0 aromatic heterocycles. The molecule has 1 unspecified atom stereocenters. The number of nitrogens with zero attached hydrogens (tertiary/aromatic N) is 2. The van der Waals surface area contributed by atoms with Gasteiger partial charge in [-0.1, -0.05) is 25.5 Å². The number of aliphatic hydroxyl groups excluding tert-OH is 2. The van der Waals surface area contributed by atoms with Crippen LogP contribution in [0.5, 0.6) is 5.75 Å². The van der Waals surface area contributed by atoms with Crippen LogP contribution in [0.3, 0.4) is 0 Å². The summed E-state index contributed by atoms with van der Waals surface area (Å²) in [6.07, 6.45) is -0.0848. The summed E-state index contributed by atoms with van der Waals surface area (Å²) < 4.78 is 10.9. The zero-order valence-corrected chi connectivity index (χ0v) is 16.2. The first kappa shape index (κ1) is 19.8. The van der Waals surface area contributed by atoms with Crippen LogP contribution in [0.4, 0.5) is 0 Å². The fourth-order valence-electron chi connectivity index (χ4n) is 3.12. The van der Waals surface area contributed by atoms with Gasteiger partial charge in [0.25, 0.3) is 5.91 Å². The molecule has 3 rings (SSSR count). The number of fused-ring (bicyclic) bond motifs is 1. The fourth-order valence-corrected chi connectivity index (χ4v) is 3.50. The van der Waals surface area contributed by atoms with Crippen LogP contribution < -0.4 is 4.74 Å². The number of thiocarbonyl (C=S) groups is 1. The highest BCUT2D eigenvalue weighted by molar-refractivity contribution is 7.80. The number of carbonyl (C=O) groups is 1. The van der Waals surface area contributed by atoms with E-state index in [4.69, 9.17) is 21.7 Å². The van der Waals surface area contributed by atoms with Crippen molar-refractivity contribution in [2.75, 3.05) is 13.7 Å². The molecule has 0 aliphatic carbocycles. The van der Waals surface area contributed by atoms with Gasteiger partial charge in [-0.05, 0) is 42.4 Å². The van der Waals surface area contributed by atoms with Crippen LogP contribution in [-0.4, -0.2) is 63.1 Å². The number of hydrogen-bond acceptors (Lipinski definition) is 6. The Morgan fingerprint density at radius 1 is 1.22 bits per heavy atom. The fraction of sp³-hybridized carbons (Fsp3) is 0.474. The van der Waals surface area contributed by atoms with E-state index in [9.17, 15) is 15.0 Å². The van der Waals surface area contributed by atoms with E-state index >= 15 is 0 Å². The molecule has 1 aromatic rings. The molecule has 0 saturated carbocycles. The number of hydrogen-bond donors (Lipinski definition) is 2. The van der Waals surface area contributed by atoms with Gasteiger partial charge in [0.1, 0.15) is 23.7 Å². The molecule has 2 aliphatic heterocycles. The lowest BCUT2D eigenvalue weighted by Crippen LogP contribution is -2.52. The largest absolute Gasteiger partial charge is 0.497 e. The maximum atomic E-state index is 12.7. The van der Waals surface area contributed by atoms with Crippen molar-refractivity contribution >= 4 is 23.2 Å². The van der Waals surface area contributed by atoms with Crippen molar-refractivity contribution in [3.63, 3.8) is 0 Å². The molecule has 2 heterocycles. The first-order chi connectivity index (χ1) is 13.0. The van der Waals surface area contributed by atoms with E-state index in [-0.39, 0.29) is 23.3 Å². The van der Waals surface area contributed by atoms with Gasteiger partial charge in [0.2, 0.25) is 0 Å². The van der Waals surface area contributed by atoms with Gasteiger partial charge in [-0.15, -0.1) is 0 Å². The van der Waals surface area contributed by atoms with Crippen LogP contribution >= 0.6 is 12.2 Å². The second-order valence-corrected chi connectivity index (χ2v) is 6.91. The molecule has 0 bridgehead atoms. The van der Waals surface area contributed by atoms with Crippen LogP contribution in [0.1, 0.15) is 25.3 Å². The molecular formula is C19H24N2O5S. The summed E-state index contributed by atoms with van der Waals surface area (Å²) in [4.78, 5) is 15.4. The van der Waals surface area contributed by atoms with Gasteiger partial charge >= 0.3 is 0 Å². The molecule has 27 heavy (non-hydrogen) atoms. The second-order valence-electron chi connectivity index (χ2n) is 6.54. The van der Waals surface area contributed by atoms with Crippen molar-refractivity contribution < 1.29 is 24.5 Å². The molecule has 3 atom stereocenters. The van der Waals surface area contributed by atoms with Crippen LogP contribution in [0.25, 0.3) is 0 Å². The molecule has 1 saturated heterocycles. The number of amides is 1. The van der Waals surface area contributed by atoms with E-state index < -0.39 is 18.4 Å². The Morgan fingerprint density at radius 3 is 2.56 bits per heavy atom. The third kappa shape index (κ3) is 3.84. The van der Waals surface area contributed by atoms with Crippen molar-refractivity contribution in [3.05, 3.63) is 41.6 Å². The number of carbonyl (C=O) groups excluding carboxylic acids is 1. The minimum atomic E-state index is -1.33. The lowest BCUT2D eigenvalue weighted by molar-refractivity contribution is -0.128. The van der Waals surface area contributed by atoms with E-state index in [1.54, 1.807) is 13.2 Å². The molecule has 2 aliphatic rings. The van der Waals surface area contributed by atoms with E-state index in [1.807, 2.05) is 31.2 Å². The van der Waals surface area contributed by atoms with Gasteiger partial charge in [0.05, 0.1) is 13.7 Å². The Balaban J connectivity index is 1.74. The number of rotatable bonds is 7. The quantitative estimate of drug-likeness (QED) is 0.679. The minimum Gasteiger partial charge on any atom is -0.497 e. The molecule has 1 amide bonds. The van der Waals surface area contributed by atoms with Gasteiger partial charge < -0.3 is 19.7 Å². The molecule has 7 nitrogen and oxygen atoms in total. The highest BCUT2D eigenvalue weighted by atomic mass is 32.1. The Labute approximate surface area is 163 Å². The molecule has 0 radical (unpaired) electrons. The SMILES string of the molecule is CCCCN1C(=O)C2=C[C@H](OCc3ccc(OC)cc3)[C@@H](O)C(O)N2C1=S. The third-order valence-electron chi connectivity index (χ3n) is 4.73. The number of aliphatic hydroxyl groups is 2. The number of benzene rings is 1. The first-order valence-corrected chi connectivity index (χ1v) is 9.36. The predicted molar refractivity (Wildman–Crippen MR) is 103 cm³/mol. The zero-order chi connectivity index (χ0) is 19.6. The molecular weight excluding hydrogens is 368 g/mol. The highest BCUT2D eigenvalue weighted by Gasteiger charge is 2.48. The summed E-state index contributed by atoms with van der Waals surface area (Å²) in [6, 6.07) is 7.34. The molecule has 2 N–H and O–H groups in total. The number of ether oxygens (including phenoxy) is 2. The van der Waals surface area contributed by atoms with Gasteiger partial charge in [-0.25, -0.2) is 0 Å². The van der Waals surface area contributed by atoms with E-state index in [0.717, 1.165) is 24.2 Å². The number of methoxy groups -OCH3 is 1. The molecule has 1 fully saturated rings. The van der Waals surface area contributed by atoms with Crippen molar-refractivity contribution in [3.8, 4) is 5.75 Å². The van der Waals surface area contributed by atoms with E-state index in [2.05, 4.69) is 0 Å². The predicted octanol–water partition coefficient (Wildman–Crippen LogP) is 1.39. The van der Waals surface area contributed by atoms with Crippen molar-refractivity contribution in [2.45, 2.75) is 44.8 Å². The summed E-state index contributed by atoms with van der Waals surface area (Å²) in [7, 11) is 1.59. The van der Waals surface area contributed by atoms with E-state index in [1.165, 1.54) is 9.80 Å². The maximum absolute atomic E-state index is 12.7. The first-order valence-electron chi connectivity index (χ1n) is 8.95. The Hall–Kier alpha value is -2.00. The van der Waals surface area contributed by atoms with Crippen molar-refractivity contribution in [2.24, 2.45) is 0 Å². The topological polar surface area (TPSA) is 82.5 Å². The van der Waals surface area contributed by atoms with E-state index in [0.29, 0.717) is 6.54 Å². The summed E-state index contributed by atoms with van der Waals surface area (Å²) in [6.45, 7) is 2.74. The monoisotopic (exact) mass is 392 g/mol. The highest BCUT2D eigenvalue weighted by Crippen LogP contribution is 2.31. The molecule has 8 heteroatoms. The standard InChI is InChI=1S/C19H24N2O5S/c1-3-4-9-20-17(23)14-10-15(16(22)18(24)21(14)19(20)27)26-11-12-5-7-13(25-2)8-6-12/h5-8,10,15-16,18,22,24H,3-4,9,11H2,1-2H3/t15-,16+,18?/m0/s1. The van der Waals surface area contributed by atoms with Crippen molar-refractivity contribution in [1.82, 2.24) is 9.80 Å². The second kappa shape index (κ2) is 8.35. The van der Waals surface area contributed by atoms with Gasteiger partial charge in [-0.3, -0.25) is 14.6 Å². The Morgan fingerprint density at radius 2 is 1.93 bits per heavy atom. The molecule has 146 valence electrons. The van der Waals surface area contributed by atoms with Gasteiger partial charge in [0.15, 0.2) is 11.3 Å². The van der Waals surface area contributed by atoms with Crippen LogP contribution in [0, 0.1) is 0 Å². The maximum Gasteiger partial charge on any atom is 0.276 e. The summed E-state index contributed by atoms with van der Waals surface area (Å²) in [5.74, 6) is 0.472. The average molecular weight is 392 g/mol. The smallest absolute Gasteiger partial charge is 0.276 e. The average Bonchev–Trinajstić information content (AvgIpc) is 2.92. The molecule has 0 spiro atoms. The zero-order valence-electron chi connectivity index (χ0n) is 15.4. The van der Waals surface area contributed by atoms with Crippen LogP contribution in [0.15, 0.2) is 36.0 Å². The number of unbranched alkanes of at least 4 members (excludes halogenated alkanes) is 1. The lowest BCUT2D eigenvalue weighted by Gasteiger charge is -2.36. The third-order valence-corrected chi connectivity index (χ3v) is 5.14. The van der Waals surface area contributed by atoms with Crippen LogP contribution in [-0.2, 0) is 16.1 Å². The summed E-state index contributed by atoms with van der Waals surface area (Å²) in [5.41, 5.74) is 1.14. The summed E-state index contributed by atoms with van der Waals surface area (Å²) in [5, 5.41) is 21.1. The van der Waals surface area contributed by atoms with Crippen molar-refractivity contribution in [1.29, 1.82) is 0 Å². The van der Waals surface area contributed by atoms with Gasteiger partial charge in [0, 0.05) is 6.54 Å². The minimum absolute atomic E-state index is 0.222. The Kier molecular flexibility index (Phi) is 6.11. The Bertz CT molecular complexity index is 736. The van der Waals surface area contributed by atoms with Gasteiger partial charge in [-0.2, -0.15) is 0 Å². The lowest BCUT2D eigenvalue weighted by atomic mass is 10.0. The van der Waals surface area contributed by atoms with Crippen LogP contribution in [0.2, 0.25) is 0 Å². The molecule has 1 aromatic carbocycles. The summed E-state index contributed by atoms with van der Waals surface area (Å²) >= 11 is 5.33.